The largest absolute Gasteiger partial charge is 0.466 e. The molecule has 0 radical (unpaired) electrons. The van der Waals surface area contributed by atoms with Crippen LogP contribution in [0.3, 0.4) is 0 Å². The van der Waals surface area contributed by atoms with Gasteiger partial charge in [-0.1, -0.05) is 17.4 Å². The van der Waals surface area contributed by atoms with E-state index in [1.54, 1.807) is 24.9 Å². The lowest BCUT2D eigenvalue weighted by molar-refractivity contribution is -0.145. The number of hydrogen-bond donors (Lipinski definition) is 1. The molecule has 2 aliphatic carbocycles. The zero-order valence-corrected chi connectivity index (χ0v) is 19.6. The Morgan fingerprint density at radius 1 is 1.24 bits per heavy atom. The molecule has 2 aromatic rings. The van der Waals surface area contributed by atoms with Crippen LogP contribution in [0.5, 0.6) is 0 Å². The van der Waals surface area contributed by atoms with Gasteiger partial charge in [-0.05, 0) is 42.7 Å². The number of aromatic nitrogens is 2. The number of H-pyrrole nitrogens is 1. The molecule has 2 amide bonds. The Bertz CT molecular complexity index is 1190. The van der Waals surface area contributed by atoms with Gasteiger partial charge in [0.2, 0.25) is 11.8 Å². The molecule has 33 heavy (non-hydrogen) atoms. The van der Waals surface area contributed by atoms with Crippen LogP contribution in [0.15, 0.2) is 34.3 Å². The minimum atomic E-state index is -0.396. The molecule has 2 saturated carbocycles. The minimum Gasteiger partial charge on any atom is -0.466 e. The molecule has 2 aliphatic heterocycles. The average Bonchev–Trinajstić information content (AvgIpc) is 3.52. The van der Waals surface area contributed by atoms with Crippen LogP contribution in [-0.2, 0) is 19.1 Å². The van der Waals surface area contributed by atoms with Gasteiger partial charge in [-0.15, -0.1) is 11.8 Å². The third-order valence-electron chi connectivity index (χ3n) is 7.70. The molecule has 7 atom stereocenters. The minimum absolute atomic E-state index is 0.0173. The van der Waals surface area contributed by atoms with Gasteiger partial charge in [0, 0.05) is 35.0 Å². The monoisotopic (exact) mass is 485 g/mol. The van der Waals surface area contributed by atoms with Gasteiger partial charge < -0.3 is 9.72 Å². The number of aromatic amines is 1. The molecule has 0 aromatic carbocycles. The number of nitrogens with one attached hydrogen (secondary N) is 1. The van der Waals surface area contributed by atoms with Crippen LogP contribution < -0.4 is 4.87 Å². The Hall–Kier alpha value is -2.46. The van der Waals surface area contributed by atoms with Crippen molar-refractivity contribution in [2.24, 2.45) is 29.6 Å². The van der Waals surface area contributed by atoms with Gasteiger partial charge in [0.1, 0.15) is 0 Å². The highest BCUT2D eigenvalue weighted by Crippen LogP contribution is 2.68. The summed E-state index contributed by atoms with van der Waals surface area (Å²) in [5.41, 5.74) is 1.05. The van der Waals surface area contributed by atoms with Crippen molar-refractivity contribution in [3.8, 4) is 0 Å². The topological polar surface area (TPSA) is 109 Å². The number of esters is 1. The van der Waals surface area contributed by atoms with Crippen LogP contribution >= 0.6 is 23.1 Å². The number of hydrogen-bond acceptors (Lipinski definition) is 8. The second kappa shape index (κ2) is 7.80. The highest BCUT2D eigenvalue weighted by atomic mass is 32.2. The number of carbonyl (C=O) groups is 3. The van der Waals surface area contributed by atoms with Crippen molar-refractivity contribution < 1.29 is 19.1 Å². The van der Waals surface area contributed by atoms with Gasteiger partial charge in [0.05, 0.1) is 29.9 Å². The van der Waals surface area contributed by atoms with Crippen molar-refractivity contribution in [1.82, 2.24) is 14.9 Å². The summed E-state index contributed by atoms with van der Waals surface area (Å²) >= 11 is 2.91. The van der Waals surface area contributed by atoms with Crippen molar-refractivity contribution in [2.75, 3.05) is 13.2 Å². The first-order chi connectivity index (χ1) is 16.0. The molecule has 2 aromatic heterocycles. The Morgan fingerprint density at radius 2 is 2.03 bits per heavy atom. The van der Waals surface area contributed by atoms with Crippen molar-refractivity contribution in [3.05, 3.63) is 44.6 Å². The normalized spacial score (nSPS) is 33.7. The Balaban J connectivity index is 1.34. The molecule has 1 saturated heterocycles. The first-order valence-electron chi connectivity index (χ1n) is 11.3. The van der Waals surface area contributed by atoms with E-state index in [1.807, 2.05) is 18.3 Å². The maximum Gasteiger partial charge on any atom is 0.307 e. The third kappa shape index (κ3) is 3.06. The van der Waals surface area contributed by atoms with E-state index < -0.39 is 5.97 Å². The molecule has 3 fully saturated rings. The van der Waals surface area contributed by atoms with E-state index in [9.17, 15) is 19.2 Å². The first kappa shape index (κ1) is 21.1. The standard InChI is InChI=1S/C23H23N3O5S2/c1-2-31-13(27)5-7-26-21(28)16-11-8-12(17(16)22(26)29)18-15(11)14(10-4-3-6-24-9-10)19-20(32-18)25-23(30)33-19/h3-4,6,9,11-12,14-18H,2,5,7-8H2,1H3,(H,25,30)/t11-,12+,14-,15+,16+,17-,18-/m1/s1. The molecule has 2 bridgehead atoms. The van der Waals surface area contributed by atoms with Gasteiger partial charge >= 0.3 is 10.8 Å². The molecule has 0 spiro atoms. The van der Waals surface area contributed by atoms with E-state index in [0.717, 1.165) is 21.9 Å². The summed E-state index contributed by atoms with van der Waals surface area (Å²) in [5, 5.41) is 1.04. The highest BCUT2D eigenvalue weighted by molar-refractivity contribution is 8.00. The summed E-state index contributed by atoms with van der Waals surface area (Å²) in [6.45, 7) is 2.09. The fourth-order valence-corrected chi connectivity index (χ4v) is 9.56. The van der Waals surface area contributed by atoms with Gasteiger partial charge in [0.15, 0.2) is 0 Å². The smallest absolute Gasteiger partial charge is 0.307 e. The Labute approximate surface area is 198 Å². The van der Waals surface area contributed by atoms with Gasteiger partial charge in [-0.3, -0.25) is 29.1 Å². The molecular formula is C23H23N3O5S2. The van der Waals surface area contributed by atoms with Crippen molar-refractivity contribution in [3.63, 3.8) is 0 Å². The van der Waals surface area contributed by atoms with Gasteiger partial charge in [0.25, 0.3) is 0 Å². The molecule has 4 aliphatic rings. The number of nitrogens with zero attached hydrogens (tertiary/aromatic N) is 2. The predicted molar refractivity (Wildman–Crippen MR) is 121 cm³/mol. The van der Waals surface area contributed by atoms with Crippen LogP contribution in [0.1, 0.15) is 36.1 Å². The fourth-order valence-electron chi connectivity index (χ4n) is 6.67. The molecule has 6 rings (SSSR count). The molecule has 4 heterocycles. The number of rotatable bonds is 5. The van der Waals surface area contributed by atoms with Crippen molar-refractivity contribution in [1.29, 1.82) is 0 Å². The SMILES string of the molecule is CCOC(=O)CCN1C(=O)[C@@H]2[C@@H]3C[C@@H]([C@@H]2C1=O)[C@H]1[C@@H](c2cccnc2)c2sc(=O)[nH]c2S[C@H]31. The lowest BCUT2D eigenvalue weighted by atomic mass is 9.68. The molecule has 0 unspecified atom stereocenters. The summed E-state index contributed by atoms with van der Waals surface area (Å²) in [5.74, 6) is -1.09. The lowest BCUT2D eigenvalue weighted by Crippen LogP contribution is -2.42. The number of ether oxygens (including phenoxy) is 1. The Kier molecular flexibility index (Phi) is 4.99. The van der Waals surface area contributed by atoms with E-state index in [0.29, 0.717) is 0 Å². The second-order valence-electron chi connectivity index (χ2n) is 9.13. The number of likely N-dealkylation sites (tertiary alicyclic amines) is 1. The number of amides is 2. The predicted octanol–water partition coefficient (Wildman–Crippen LogP) is 2.26. The maximum atomic E-state index is 13.4. The number of pyridine rings is 1. The third-order valence-corrected chi connectivity index (χ3v) is 10.3. The average molecular weight is 486 g/mol. The molecular weight excluding hydrogens is 462 g/mol. The molecule has 8 nitrogen and oxygen atoms in total. The number of carbonyl (C=O) groups excluding carboxylic acids is 3. The molecule has 10 heteroatoms. The van der Waals surface area contributed by atoms with Crippen molar-refractivity contribution >= 4 is 40.9 Å². The molecule has 172 valence electrons. The van der Waals surface area contributed by atoms with E-state index in [1.165, 1.54) is 16.2 Å². The number of thiazole rings is 1. The number of thioether (sulfide) groups is 1. The number of fused-ring (bicyclic) bond motifs is 9. The fraction of sp³-hybridized carbons (Fsp3) is 0.522. The summed E-state index contributed by atoms with van der Waals surface area (Å²) in [4.78, 5) is 60.3. The van der Waals surface area contributed by atoms with E-state index in [2.05, 4.69) is 9.97 Å². The number of imide groups is 1. The van der Waals surface area contributed by atoms with Crippen molar-refractivity contribution in [2.45, 2.75) is 36.0 Å². The van der Waals surface area contributed by atoms with Crippen LogP contribution in [0.2, 0.25) is 0 Å². The maximum absolute atomic E-state index is 13.4. The lowest BCUT2D eigenvalue weighted by Gasteiger charge is -2.42. The van der Waals surface area contributed by atoms with Crippen LogP contribution in [0, 0.1) is 29.6 Å². The summed E-state index contributed by atoms with van der Waals surface area (Å²) in [6.07, 6.45) is 4.45. The highest BCUT2D eigenvalue weighted by Gasteiger charge is 2.69. The zero-order chi connectivity index (χ0) is 22.9. The Morgan fingerprint density at radius 3 is 2.76 bits per heavy atom. The van der Waals surface area contributed by atoms with E-state index in [-0.39, 0.29) is 77.0 Å². The summed E-state index contributed by atoms with van der Waals surface area (Å²) < 4.78 is 4.97. The van der Waals surface area contributed by atoms with Gasteiger partial charge in [-0.25, -0.2) is 0 Å². The summed E-state index contributed by atoms with van der Waals surface area (Å²) in [6, 6.07) is 3.94. The van der Waals surface area contributed by atoms with Crippen LogP contribution in [0.4, 0.5) is 0 Å². The van der Waals surface area contributed by atoms with Crippen LogP contribution in [-0.4, -0.2) is 51.1 Å². The van der Waals surface area contributed by atoms with Crippen LogP contribution in [0.25, 0.3) is 0 Å². The summed E-state index contributed by atoms with van der Waals surface area (Å²) in [7, 11) is 0. The van der Waals surface area contributed by atoms with E-state index >= 15 is 0 Å². The second-order valence-corrected chi connectivity index (χ2v) is 11.3. The van der Waals surface area contributed by atoms with E-state index in [4.69, 9.17) is 4.74 Å². The quantitative estimate of drug-likeness (QED) is 0.511. The zero-order valence-electron chi connectivity index (χ0n) is 17.9. The van der Waals surface area contributed by atoms with Gasteiger partial charge in [-0.2, -0.15) is 0 Å². The first-order valence-corrected chi connectivity index (χ1v) is 13.0. The molecule has 1 N–H and O–H groups in total.